The molecule has 0 saturated carbocycles. The number of aryl methyl sites for hydroxylation is 2. The summed E-state index contributed by atoms with van der Waals surface area (Å²) in [5.41, 5.74) is 3.44. The van der Waals surface area contributed by atoms with Gasteiger partial charge in [-0.1, -0.05) is 6.07 Å². The maximum absolute atomic E-state index is 12.6. The van der Waals surface area contributed by atoms with Gasteiger partial charge in [-0.3, -0.25) is 4.79 Å². The van der Waals surface area contributed by atoms with Gasteiger partial charge in [0.15, 0.2) is 0 Å². The number of ether oxygens (including phenoxy) is 1. The van der Waals surface area contributed by atoms with Gasteiger partial charge in [0.05, 0.1) is 25.9 Å². The van der Waals surface area contributed by atoms with Gasteiger partial charge in [0, 0.05) is 12.1 Å². The van der Waals surface area contributed by atoms with Crippen molar-refractivity contribution in [1.29, 1.82) is 0 Å². The van der Waals surface area contributed by atoms with Crippen LogP contribution in [-0.2, 0) is 17.6 Å². The Morgan fingerprint density at radius 1 is 1.30 bits per heavy atom. The average Bonchev–Trinajstić information content (AvgIpc) is 2.53. The van der Waals surface area contributed by atoms with Gasteiger partial charge in [0.2, 0.25) is 0 Å². The monoisotopic (exact) mass is 275 g/mol. The number of amides is 1. The lowest BCUT2D eigenvalue weighted by atomic mass is 9.90. The minimum absolute atomic E-state index is 0.0146. The predicted molar refractivity (Wildman–Crippen MR) is 75.8 cm³/mol. The maximum Gasteiger partial charge on any atom is 0.254 e. The van der Waals surface area contributed by atoms with Crippen molar-refractivity contribution < 1.29 is 14.6 Å². The van der Waals surface area contributed by atoms with Crippen LogP contribution in [0.15, 0.2) is 18.2 Å². The van der Waals surface area contributed by atoms with Crippen LogP contribution in [0.25, 0.3) is 0 Å². The van der Waals surface area contributed by atoms with Gasteiger partial charge in [0.25, 0.3) is 5.91 Å². The van der Waals surface area contributed by atoms with Crippen molar-refractivity contribution in [2.45, 2.75) is 31.7 Å². The standard InChI is InChI=1S/C16H21NO3/c18-10-15-11-20-8-7-17(15)16(19)14-6-5-12-3-1-2-4-13(12)9-14/h5-6,9,15,18H,1-4,7-8,10-11H2/t15-/m1/s1. The minimum atomic E-state index is -0.215. The van der Waals surface area contributed by atoms with Crippen LogP contribution < -0.4 is 0 Å². The smallest absolute Gasteiger partial charge is 0.254 e. The summed E-state index contributed by atoms with van der Waals surface area (Å²) in [4.78, 5) is 14.4. The SMILES string of the molecule is O=C(c1ccc2c(c1)CCCC2)N1CCOC[C@H]1CO. The fraction of sp³-hybridized carbons (Fsp3) is 0.562. The predicted octanol–water partition coefficient (Wildman–Crippen LogP) is 1.40. The number of benzene rings is 1. The maximum atomic E-state index is 12.6. The molecule has 4 heteroatoms. The molecule has 3 rings (SSSR count). The number of rotatable bonds is 2. The number of nitrogens with zero attached hydrogens (tertiary/aromatic N) is 1. The number of aliphatic hydroxyl groups excluding tert-OH is 1. The summed E-state index contributed by atoms with van der Waals surface area (Å²) in [5.74, 6) is 0.0146. The topological polar surface area (TPSA) is 49.8 Å². The summed E-state index contributed by atoms with van der Waals surface area (Å²) in [6, 6.07) is 5.85. The highest BCUT2D eigenvalue weighted by Gasteiger charge is 2.27. The van der Waals surface area contributed by atoms with Gasteiger partial charge in [-0.2, -0.15) is 0 Å². The van der Waals surface area contributed by atoms with Crippen LogP contribution in [0.1, 0.15) is 34.3 Å². The van der Waals surface area contributed by atoms with Gasteiger partial charge in [-0.25, -0.2) is 0 Å². The largest absolute Gasteiger partial charge is 0.394 e. The van der Waals surface area contributed by atoms with Crippen LogP contribution in [0.4, 0.5) is 0 Å². The van der Waals surface area contributed by atoms with E-state index in [1.54, 1.807) is 4.90 Å². The molecule has 108 valence electrons. The molecule has 20 heavy (non-hydrogen) atoms. The molecule has 1 N–H and O–H groups in total. The Bertz CT molecular complexity index is 500. The van der Waals surface area contributed by atoms with Crippen LogP contribution in [0.5, 0.6) is 0 Å². The van der Waals surface area contributed by atoms with Gasteiger partial charge in [-0.05, 0) is 48.9 Å². The lowest BCUT2D eigenvalue weighted by Crippen LogP contribution is -2.50. The van der Waals surface area contributed by atoms with Gasteiger partial charge in [0.1, 0.15) is 0 Å². The molecule has 0 aromatic heterocycles. The fourth-order valence-electron chi connectivity index (χ4n) is 3.11. The highest BCUT2D eigenvalue weighted by Crippen LogP contribution is 2.23. The third-order valence-electron chi connectivity index (χ3n) is 4.29. The molecule has 0 unspecified atom stereocenters. The molecule has 1 aromatic rings. The molecule has 1 amide bonds. The van der Waals surface area contributed by atoms with Crippen LogP contribution in [-0.4, -0.2) is 48.3 Å². The normalized spacial score (nSPS) is 22.4. The molecule has 4 nitrogen and oxygen atoms in total. The second kappa shape index (κ2) is 5.94. The second-order valence-corrected chi connectivity index (χ2v) is 5.60. The number of morpholine rings is 1. The molecule has 2 aliphatic rings. The first-order chi connectivity index (χ1) is 9.79. The zero-order chi connectivity index (χ0) is 13.9. The number of carbonyl (C=O) groups excluding carboxylic acids is 1. The molecule has 0 spiro atoms. The number of hydrogen-bond donors (Lipinski definition) is 1. The Kier molecular flexibility index (Phi) is 4.03. The summed E-state index contributed by atoms with van der Waals surface area (Å²) in [6.45, 7) is 1.48. The van der Waals surface area contributed by atoms with Crippen LogP contribution in [0.2, 0.25) is 0 Å². The number of carbonyl (C=O) groups is 1. The van der Waals surface area contributed by atoms with E-state index < -0.39 is 0 Å². The second-order valence-electron chi connectivity index (χ2n) is 5.60. The quantitative estimate of drug-likeness (QED) is 0.887. The zero-order valence-corrected chi connectivity index (χ0v) is 11.7. The van der Waals surface area contributed by atoms with E-state index in [-0.39, 0.29) is 18.6 Å². The number of fused-ring (bicyclic) bond motifs is 1. The van der Waals surface area contributed by atoms with Crippen molar-refractivity contribution in [2.75, 3.05) is 26.4 Å². The van der Waals surface area contributed by atoms with Crippen molar-refractivity contribution >= 4 is 5.91 Å². The highest BCUT2D eigenvalue weighted by atomic mass is 16.5. The first-order valence-electron chi connectivity index (χ1n) is 7.41. The molecule has 1 atom stereocenters. The molecule has 1 heterocycles. The summed E-state index contributed by atoms with van der Waals surface area (Å²) >= 11 is 0. The number of aliphatic hydroxyl groups is 1. The van der Waals surface area contributed by atoms with Gasteiger partial charge in [-0.15, -0.1) is 0 Å². The Balaban J connectivity index is 1.82. The lowest BCUT2D eigenvalue weighted by molar-refractivity contribution is -0.0184. The van der Waals surface area contributed by atoms with Crippen molar-refractivity contribution in [3.8, 4) is 0 Å². The van der Waals surface area contributed by atoms with Crippen molar-refractivity contribution in [2.24, 2.45) is 0 Å². The van der Waals surface area contributed by atoms with Gasteiger partial charge >= 0.3 is 0 Å². The molecule has 1 aliphatic carbocycles. The molecule has 1 aromatic carbocycles. The Hall–Kier alpha value is -1.39. The Morgan fingerprint density at radius 2 is 2.10 bits per heavy atom. The van der Waals surface area contributed by atoms with Crippen LogP contribution in [0, 0.1) is 0 Å². The average molecular weight is 275 g/mol. The third-order valence-corrected chi connectivity index (χ3v) is 4.29. The van der Waals surface area contributed by atoms with E-state index in [0.29, 0.717) is 19.8 Å². The Morgan fingerprint density at radius 3 is 2.90 bits per heavy atom. The van der Waals surface area contributed by atoms with E-state index >= 15 is 0 Å². The molecular weight excluding hydrogens is 254 g/mol. The summed E-state index contributed by atoms with van der Waals surface area (Å²) in [6.07, 6.45) is 4.65. The highest BCUT2D eigenvalue weighted by molar-refractivity contribution is 5.94. The zero-order valence-electron chi connectivity index (χ0n) is 11.7. The molecular formula is C16H21NO3. The molecule has 0 radical (unpaired) electrons. The van der Waals surface area contributed by atoms with Gasteiger partial charge < -0.3 is 14.7 Å². The molecule has 1 saturated heterocycles. The first kappa shape index (κ1) is 13.6. The van der Waals surface area contributed by atoms with E-state index in [1.165, 1.54) is 24.0 Å². The van der Waals surface area contributed by atoms with Crippen LogP contribution in [0.3, 0.4) is 0 Å². The summed E-state index contributed by atoms with van der Waals surface area (Å²) in [7, 11) is 0. The minimum Gasteiger partial charge on any atom is -0.394 e. The van der Waals surface area contributed by atoms with E-state index in [0.717, 1.165) is 18.4 Å². The van der Waals surface area contributed by atoms with Crippen molar-refractivity contribution in [3.63, 3.8) is 0 Å². The first-order valence-corrected chi connectivity index (χ1v) is 7.41. The van der Waals surface area contributed by atoms with Crippen molar-refractivity contribution in [1.82, 2.24) is 4.90 Å². The molecule has 1 aliphatic heterocycles. The van der Waals surface area contributed by atoms with E-state index in [9.17, 15) is 9.90 Å². The van der Waals surface area contributed by atoms with E-state index in [1.807, 2.05) is 12.1 Å². The van der Waals surface area contributed by atoms with Crippen LogP contribution >= 0.6 is 0 Å². The summed E-state index contributed by atoms with van der Waals surface area (Å²) in [5, 5.41) is 9.38. The van der Waals surface area contributed by atoms with Crippen molar-refractivity contribution in [3.05, 3.63) is 34.9 Å². The summed E-state index contributed by atoms with van der Waals surface area (Å²) < 4.78 is 5.33. The molecule has 0 bridgehead atoms. The van der Waals surface area contributed by atoms with E-state index in [2.05, 4.69) is 6.07 Å². The molecule has 1 fully saturated rings. The lowest BCUT2D eigenvalue weighted by Gasteiger charge is -2.34. The number of hydrogen-bond acceptors (Lipinski definition) is 3. The fourth-order valence-corrected chi connectivity index (χ4v) is 3.11. The van der Waals surface area contributed by atoms with E-state index in [4.69, 9.17) is 4.74 Å². The Labute approximate surface area is 119 Å². The third kappa shape index (κ3) is 2.58.